The summed E-state index contributed by atoms with van der Waals surface area (Å²) in [5, 5.41) is 7.76. The van der Waals surface area contributed by atoms with Crippen molar-refractivity contribution < 1.29 is 0 Å². The molecule has 1 aliphatic heterocycles. The summed E-state index contributed by atoms with van der Waals surface area (Å²) in [6, 6.07) is 4.25. The molecule has 0 radical (unpaired) electrons. The number of anilines is 1. The van der Waals surface area contributed by atoms with Crippen LogP contribution in [0.5, 0.6) is 0 Å². The van der Waals surface area contributed by atoms with E-state index in [4.69, 9.17) is 0 Å². The molecule has 0 aromatic carbocycles. The predicted octanol–water partition coefficient (Wildman–Crippen LogP) is 3.71. The van der Waals surface area contributed by atoms with Crippen molar-refractivity contribution >= 4 is 47.1 Å². The summed E-state index contributed by atoms with van der Waals surface area (Å²) >= 11 is 1.70. The number of aromatic nitrogens is 2. The highest BCUT2D eigenvalue weighted by Crippen LogP contribution is 2.18. The molecule has 8 heteroatoms. The van der Waals surface area contributed by atoms with Crippen molar-refractivity contribution in [2.24, 2.45) is 4.99 Å². The summed E-state index contributed by atoms with van der Waals surface area (Å²) in [5.41, 5.74) is 1.22. The molecule has 0 spiro atoms. The van der Waals surface area contributed by atoms with E-state index < -0.39 is 0 Å². The molecule has 0 bridgehead atoms. The Morgan fingerprint density at radius 2 is 1.89 bits per heavy atom. The predicted molar refractivity (Wildman–Crippen MR) is 124 cm³/mol. The first kappa shape index (κ1) is 21.9. The molecule has 1 saturated heterocycles. The van der Waals surface area contributed by atoms with Crippen molar-refractivity contribution in [3.8, 4) is 0 Å². The Balaban J connectivity index is 0.00000261. The molecule has 27 heavy (non-hydrogen) atoms. The number of hydrogen-bond acceptors (Lipinski definition) is 5. The second-order valence-electron chi connectivity index (χ2n) is 6.57. The summed E-state index contributed by atoms with van der Waals surface area (Å²) in [4.78, 5) is 16.9. The molecule has 0 aliphatic carbocycles. The van der Waals surface area contributed by atoms with E-state index in [1.165, 1.54) is 36.1 Å². The summed E-state index contributed by atoms with van der Waals surface area (Å²) in [7, 11) is 1.79. The van der Waals surface area contributed by atoms with Crippen LogP contribution >= 0.6 is 35.3 Å². The van der Waals surface area contributed by atoms with Gasteiger partial charge in [-0.1, -0.05) is 12.8 Å². The van der Waals surface area contributed by atoms with Crippen LogP contribution in [0.4, 0.5) is 5.82 Å². The van der Waals surface area contributed by atoms with Gasteiger partial charge in [-0.25, -0.2) is 9.97 Å². The van der Waals surface area contributed by atoms with Gasteiger partial charge in [-0.15, -0.1) is 35.3 Å². The van der Waals surface area contributed by atoms with Gasteiger partial charge in [0, 0.05) is 44.0 Å². The third-order valence-corrected chi connectivity index (χ3v) is 5.41. The van der Waals surface area contributed by atoms with Crippen molar-refractivity contribution in [1.29, 1.82) is 0 Å². The van der Waals surface area contributed by atoms with Gasteiger partial charge in [0.25, 0.3) is 0 Å². The SMILES string of the molecule is CN=C(NCc1ccnc(N2CCCCCC2)c1)NCc1ncc(C)s1.I. The van der Waals surface area contributed by atoms with Gasteiger partial charge in [0.15, 0.2) is 5.96 Å². The van der Waals surface area contributed by atoms with E-state index in [0.717, 1.165) is 36.4 Å². The Hall–Kier alpha value is -1.42. The van der Waals surface area contributed by atoms with E-state index >= 15 is 0 Å². The topological polar surface area (TPSA) is 65.4 Å². The molecule has 1 aliphatic rings. The summed E-state index contributed by atoms with van der Waals surface area (Å²) < 4.78 is 0. The van der Waals surface area contributed by atoms with Crippen LogP contribution in [0.2, 0.25) is 0 Å². The van der Waals surface area contributed by atoms with E-state index in [2.05, 4.69) is 49.6 Å². The molecule has 0 saturated carbocycles. The number of guanidine groups is 1. The van der Waals surface area contributed by atoms with Crippen LogP contribution in [0.3, 0.4) is 0 Å². The van der Waals surface area contributed by atoms with E-state index in [1.54, 1.807) is 18.4 Å². The van der Waals surface area contributed by atoms with Crippen molar-refractivity contribution in [2.45, 2.75) is 45.7 Å². The van der Waals surface area contributed by atoms with Crippen LogP contribution in [0.15, 0.2) is 29.5 Å². The van der Waals surface area contributed by atoms with Crippen LogP contribution < -0.4 is 15.5 Å². The molecule has 6 nitrogen and oxygen atoms in total. The number of pyridine rings is 1. The van der Waals surface area contributed by atoms with Crippen LogP contribution in [-0.4, -0.2) is 36.1 Å². The zero-order valence-corrected chi connectivity index (χ0v) is 19.2. The third kappa shape index (κ3) is 6.91. The number of rotatable bonds is 5. The lowest BCUT2D eigenvalue weighted by molar-refractivity contribution is 0.726. The van der Waals surface area contributed by atoms with Crippen molar-refractivity contribution in [3.05, 3.63) is 40.0 Å². The minimum atomic E-state index is 0. The van der Waals surface area contributed by atoms with Gasteiger partial charge < -0.3 is 15.5 Å². The largest absolute Gasteiger partial charge is 0.357 e. The van der Waals surface area contributed by atoms with E-state index in [9.17, 15) is 0 Å². The minimum Gasteiger partial charge on any atom is -0.357 e. The first-order valence-electron chi connectivity index (χ1n) is 9.30. The number of thiazole rings is 1. The highest BCUT2D eigenvalue weighted by atomic mass is 127. The van der Waals surface area contributed by atoms with Crippen molar-refractivity contribution in [2.75, 3.05) is 25.0 Å². The molecule has 0 amide bonds. The van der Waals surface area contributed by atoms with E-state index in [0.29, 0.717) is 6.54 Å². The van der Waals surface area contributed by atoms with Gasteiger partial charge in [-0.05, 0) is 37.5 Å². The highest BCUT2D eigenvalue weighted by molar-refractivity contribution is 14.0. The van der Waals surface area contributed by atoms with Crippen LogP contribution in [0.1, 0.15) is 41.1 Å². The smallest absolute Gasteiger partial charge is 0.191 e. The number of nitrogens with one attached hydrogen (secondary N) is 2. The normalized spacial score (nSPS) is 15.0. The van der Waals surface area contributed by atoms with Gasteiger partial charge in [0.1, 0.15) is 10.8 Å². The lowest BCUT2D eigenvalue weighted by atomic mass is 10.2. The minimum absolute atomic E-state index is 0. The number of halogens is 1. The monoisotopic (exact) mass is 500 g/mol. The first-order valence-corrected chi connectivity index (χ1v) is 10.1. The number of aryl methyl sites for hydroxylation is 1. The highest BCUT2D eigenvalue weighted by Gasteiger charge is 2.11. The second kappa shape index (κ2) is 11.4. The summed E-state index contributed by atoms with van der Waals surface area (Å²) in [6.07, 6.45) is 9.00. The lowest BCUT2D eigenvalue weighted by Crippen LogP contribution is -2.36. The Kier molecular flexibility index (Phi) is 9.26. The molecule has 1 fully saturated rings. The standard InChI is InChI=1S/C19H28N6S.HI/c1-15-12-22-18(26-15)14-24-19(20-2)23-13-16-7-8-21-17(11-16)25-9-5-3-4-6-10-25;/h7-8,11-12H,3-6,9-10,13-14H2,1-2H3,(H2,20,23,24);1H. The average molecular weight is 500 g/mol. The number of nitrogens with zero attached hydrogens (tertiary/aromatic N) is 4. The zero-order chi connectivity index (χ0) is 18.2. The van der Waals surface area contributed by atoms with Crippen molar-refractivity contribution in [3.63, 3.8) is 0 Å². The number of aliphatic imine (C=N–C) groups is 1. The molecule has 3 heterocycles. The Morgan fingerprint density at radius 1 is 1.15 bits per heavy atom. The van der Waals surface area contributed by atoms with Crippen LogP contribution in [0, 0.1) is 6.92 Å². The Labute approximate surface area is 182 Å². The molecule has 2 aromatic heterocycles. The molecular formula is C19H29IN6S. The fourth-order valence-electron chi connectivity index (χ4n) is 3.09. The molecule has 2 N–H and O–H groups in total. The summed E-state index contributed by atoms with van der Waals surface area (Å²) in [6.45, 7) is 5.70. The van der Waals surface area contributed by atoms with Gasteiger partial charge in [-0.3, -0.25) is 4.99 Å². The maximum Gasteiger partial charge on any atom is 0.191 e. The Morgan fingerprint density at radius 3 is 2.56 bits per heavy atom. The molecule has 0 atom stereocenters. The third-order valence-electron chi connectivity index (χ3n) is 4.50. The fraction of sp³-hybridized carbons (Fsp3) is 0.526. The first-order chi connectivity index (χ1) is 12.7. The summed E-state index contributed by atoms with van der Waals surface area (Å²) in [5.74, 6) is 1.87. The molecule has 0 unspecified atom stereocenters. The zero-order valence-electron chi connectivity index (χ0n) is 16.1. The van der Waals surface area contributed by atoms with Gasteiger partial charge in [0.2, 0.25) is 0 Å². The molecule has 3 rings (SSSR count). The average Bonchev–Trinajstić information content (AvgIpc) is 2.91. The lowest BCUT2D eigenvalue weighted by Gasteiger charge is -2.22. The molecular weight excluding hydrogens is 471 g/mol. The van der Waals surface area contributed by atoms with E-state index in [-0.39, 0.29) is 24.0 Å². The van der Waals surface area contributed by atoms with Gasteiger partial charge in [-0.2, -0.15) is 0 Å². The molecule has 2 aromatic rings. The van der Waals surface area contributed by atoms with Gasteiger partial charge >= 0.3 is 0 Å². The van der Waals surface area contributed by atoms with Crippen LogP contribution in [-0.2, 0) is 13.1 Å². The Bertz CT molecular complexity index is 724. The van der Waals surface area contributed by atoms with Crippen LogP contribution in [0.25, 0.3) is 0 Å². The maximum absolute atomic E-state index is 4.58. The van der Waals surface area contributed by atoms with E-state index in [1.807, 2.05) is 12.4 Å². The second-order valence-corrected chi connectivity index (χ2v) is 7.89. The molecule has 148 valence electrons. The fourth-order valence-corrected chi connectivity index (χ4v) is 3.82. The van der Waals surface area contributed by atoms with Crippen molar-refractivity contribution in [1.82, 2.24) is 20.6 Å². The quantitative estimate of drug-likeness (QED) is 0.373. The maximum atomic E-state index is 4.58. The number of hydrogen-bond donors (Lipinski definition) is 2. The van der Waals surface area contributed by atoms with Gasteiger partial charge in [0.05, 0.1) is 6.54 Å².